The molecule has 3 nitrogen and oxygen atoms in total. The number of halogens is 1. The zero-order valence-electron chi connectivity index (χ0n) is 8.09. The van der Waals surface area contributed by atoms with Crippen LogP contribution >= 0.6 is 39.0 Å². The molecule has 0 fully saturated rings. The number of hydrogen-bond acceptors (Lipinski definition) is 5. The van der Waals surface area contributed by atoms with Crippen molar-refractivity contribution in [2.45, 2.75) is 5.03 Å². The lowest BCUT2D eigenvalue weighted by atomic mass is 10.3. The molecule has 6 heteroatoms. The first kappa shape index (κ1) is 11.8. The quantitative estimate of drug-likeness (QED) is 0.493. The van der Waals surface area contributed by atoms with Gasteiger partial charge in [0.1, 0.15) is 6.33 Å². The third kappa shape index (κ3) is 2.90. The Morgan fingerprint density at radius 2 is 2.38 bits per heavy atom. The van der Waals surface area contributed by atoms with Crippen LogP contribution < -0.4 is 0 Å². The molecule has 16 heavy (non-hydrogen) atoms. The molecule has 0 radical (unpaired) electrons. The molecule has 0 N–H and O–H groups in total. The van der Waals surface area contributed by atoms with Gasteiger partial charge in [0, 0.05) is 10.7 Å². The summed E-state index contributed by atoms with van der Waals surface area (Å²) in [7, 11) is 0. The van der Waals surface area contributed by atoms with Crippen LogP contribution in [0.3, 0.4) is 0 Å². The number of carbonyl (C=O) groups is 1. The van der Waals surface area contributed by atoms with Crippen LogP contribution in [0.1, 0.15) is 9.67 Å². The maximum absolute atomic E-state index is 11.8. The number of carbonyl (C=O) groups excluding carboxylic acids is 1. The predicted molar refractivity (Wildman–Crippen MR) is 69.1 cm³/mol. The summed E-state index contributed by atoms with van der Waals surface area (Å²) in [6.07, 6.45) is 3.15. The molecule has 0 aliphatic rings. The third-order valence-electron chi connectivity index (χ3n) is 1.78. The summed E-state index contributed by atoms with van der Waals surface area (Å²) in [6.45, 7) is 0. The standard InChI is InChI=1S/C10H7BrN2OS2/c11-7-2-4-15-10(7)8(14)5-16-9-1-3-12-6-13-9/h1-4,6H,5H2. The molecular weight excluding hydrogens is 308 g/mol. The van der Waals surface area contributed by atoms with Gasteiger partial charge in [0.15, 0.2) is 5.78 Å². The number of nitrogens with zero attached hydrogens (tertiary/aromatic N) is 2. The number of aromatic nitrogens is 2. The fraction of sp³-hybridized carbons (Fsp3) is 0.100. The molecule has 0 aromatic carbocycles. The zero-order valence-corrected chi connectivity index (χ0v) is 11.3. The Labute approximate surface area is 109 Å². The second-order valence-corrected chi connectivity index (χ2v) is 5.62. The minimum Gasteiger partial charge on any atom is -0.292 e. The van der Waals surface area contributed by atoms with Gasteiger partial charge in [-0.15, -0.1) is 11.3 Å². The summed E-state index contributed by atoms with van der Waals surface area (Å²) in [5.74, 6) is 0.515. The summed E-state index contributed by atoms with van der Waals surface area (Å²) in [6, 6.07) is 3.68. The monoisotopic (exact) mass is 314 g/mol. The molecule has 0 spiro atoms. The Balaban J connectivity index is 1.97. The van der Waals surface area contributed by atoms with Gasteiger partial charge >= 0.3 is 0 Å². The van der Waals surface area contributed by atoms with Gasteiger partial charge < -0.3 is 0 Å². The zero-order chi connectivity index (χ0) is 11.4. The average molecular weight is 315 g/mol. The van der Waals surface area contributed by atoms with Crippen LogP contribution in [0.4, 0.5) is 0 Å². The molecule has 0 amide bonds. The maximum Gasteiger partial charge on any atom is 0.184 e. The highest BCUT2D eigenvalue weighted by molar-refractivity contribution is 9.10. The Kier molecular flexibility index (Phi) is 4.09. The van der Waals surface area contributed by atoms with E-state index in [-0.39, 0.29) is 5.78 Å². The number of thiophene rings is 1. The van der Waals surface area contributed by atoms with Crippen LogP contribution in [0.15, 0.2) is 39.5 Å². The van der Waals surface area contributed by atoms with Crippen LogP contribution in [0.2, 0.25) is 0 Å². The SMILES string of the molecule is O=C(CSc1ccncn1)c1sccc1Br. The number of Topliss-reactive ketones (excluding diaryl/α,β-unsaturated/α-hetero) is 1. The van der Waals surface area contributed by atoms with E-state index in [9.17, 15) is 4.79 Å². The highest BCUT2D eigenvalue weighted by atomic mass is 79.9. The second kappa shape index (κ2) is 5.56. The van der Waals surface area contributed by atoms with Gasteiger partial charge in [-0.1, -0.05) is 11.8 Å². The number of thioether (sulfide) groups is 1. The van der Waals surface area contributed by atoms with Gasteiger partial charge in [0.25, 0.3) is 0 Å². The van der Waals surface area contributed by atoms with Crippen molar-refractivity contribution in [2.75, 3.05) is 5.75 Å². The lowest BCUT2D eigenvalue weighted by molar-refractivity contribution is 0.102. The van der Waals surface area contributed by atoms with Crippen LogP contribution in [0.25, 0.3) is 0 Å². The van der Waals surface area contributed by atoms with Gasteiger partial charge in [-0.2, -0.15) is 0 Å². The van der Waals surface area contributed by atoms with E-state index in [1.54, 1.807) is 12.3 Å². The van der Waals surface area contributed by atoms with E-state index in [1.807, 2.05) is 11.4 Å². The van der Waals surface area contributed by atoms with Crippen LogP contribution in [0.5, 0.6) is 0 Å². The smallest absolute Gasteiger partial charge is 0.184 e. The summed E-state index contributed by atoms with van der Waals surface area (Å²) in [4.78, 5) is 20.4. The lowest BCUT2D eigenvalue weighted by Gasteiger charge is -1.98. The van der Waals surface area contributed by atoms with Gasteiger partial charge in [-0.3, -0.25) is 4.79 Å². The molecule has 0 saturated heterocycles. The maximum atomic E-state index is 11.8. The van der Waals surface area contributed by atoms with E-state index in [2.05, 4.69) is 25.9 Å². The van der Waals surface area contributed by atoms with Crippen molar-refractivity contribution < 1.29 is 4.79 Å². The first-order valence-electron chi connectivity index (χ1n) is 4.42. The second-order valence-electron chi connectivity index (χ2n) is 2.86. The first-order chi connectivity index (χ1) is 7.77. The highest BCUT2D eigenvalue weighted by Crippen LogP contribution is 2.25. The van der Waals surface area contributed by atoms with Gasteiger partial charge in [0.2, 0.25) is 0 Å². The van der Waals surface area contributed by atoms with E-state index >= 15 is 0 Å². The highest BCUT2D eigenvalue weighted by Gasteiger charge is 2.11. The summed E-state index contributed by atoms with van der Waals surface area (Å²) in [5.41, 5.74) is 0. The molecule has 0 atom stereocenters. The Morgan fingerprint density at radius 3 is 3.00 bits per heavy atom. The number of ketones is 1. The summed E-state index contributed by atoms with van der Waals surface area (Å²) < 4.78 is 0.866. The average Bonchev–Trinajstić information content (AvgIpc) is 2.74. The summed E-state index contributed by atoms with van der Waals surface area (Å²) >= 11 is 6.22. The predicted octanol–water partition coefficient (Wildman–Crippen LogP) is 3.28. The van der Waals surface area contributed by atoms with E-state index < -0.39 is 0 Å². The fourth-order valence-electron chi connectivity index (χ4n) is 1.06. The molecule has 2 aromatic rings. The Morgan fingerprint density at radius 1 is 1.50 bits per heavy atom. The number of hydrogen-bond donors (Lipinski definition) is 0. The van der Waals surface area contributed by atoms with E-state index in [0.717, 1.165) is 14.4 Å². The Bertz CT molecular complexity index is 487. The van der Waals surface area contributed by atoms with Crippen LogP contribution in [0, 0.1) is 0 Å². The molecule has 0 aliphatic carbocycles. The van der Waals surface area contributed by atoms with Crippen molar-refractivity contribution in [2.24, 2.45) is 0 Å². The van der Waals surface area contributed by atoms with Crippen molar-refractivity contribution in [3.63, 3.8) is 0 Å². The molecular formula is C10H7BrN2OS2. The van der Waals surface area contributed by atoms with Crippen molar-refractivity contribution in [3.05, 3.63) is 39.4 Å². The van der Waals surface area contributed by atoms with Gasteiger partial charge in [0.05, 0.1) is 15.7 Å². The van der Waals surface area contributed by atoms with E-state index in [4.69, 9.17) is 0 Å². The topological polar surface area (TPSA) is 42.9 Å². The number of rotatable bonds is 4. The largest absolute Gasteiger partial charge is 0.292 e. The van der Waals surface area contributed by atoms with Crippen LogP contribution in [-0.4, -0.2) is 21.5 Å². The molecule has 2 aromatic heterocycles. The minimum atomic E-state index is 0.116. The molecule has 2 heterocycles. The fourth-order valence-corrected chi connectivity index (χ4v) is 3.39. The van der Waals surface area contributed by atoms with Gasteiger partial charge in [-0.25, -0.2) is 9.97 Å². The molecule has 0 bridgehead atoms. The van der Waals surface area contributed by atoms with Crippen molar-refractivity contribution in [3.8, 4) is 0 Å². The Hall–Kier alpha value is -0.720. The third-order valence-corrected chi connectivity index (χ3v) is 4.60. The van der Waals surface area contributed by atoms with Crippen molar-refractivity contribution >= 4 is 44.8 Å². The summed E-state index contributed by atoms with van der Waals surface area (Å²) in [5, 5.41) is 2.71. The van der Waals surface area contributed by atoms with Crippen molar-refractivity contribution in [1.82, 2.24) is 9.97 Å². The van der Waals surface area contributed by atoms with Crippen molar-refractivity contribution in [1.29, 1.82) is 0 Å². The molecule has 0 aliphatic heterocycles. The molecule has 0 unspecified atom stereocenters. The normalized spacial score (nSPS) is 10.3. The molecule has 82 valence electrons. The van der Waals surface area contributed by atoms with Gasteiger partial charge in [-0.05, 0) is 33.4 Å². The lowest BCUT2D eigenvalue weighted by Crippen LogP contribution is -2.00. The molecule has 2 rings (SSSR count). The van der Waals surface area contributed by atoms with E-state index in [1.165, 1.54) is 29.4 Å². The molecule has 0 saturated carbocycles. The van der Waals surface area contributed by atoms with E-state index in [0.29, 0.717) is 5.75 Å². The minimum absolute atomic E-state index is 0.116. The van der Waals surface area contributed by atoms with Crippen LogP contribution in [-0.2, 0) is 0 Å². The first-order valence-corrected chi connectivity index (χ1v) is 7.08.